The first kappa shape index (κ1) is 15.6. The molecule has 0 spiro atoms. The van der Waals surface area contributed by atoms with E-state index in [0.717, 1.165) is 16.7 Å². The van der Waals surface area contributed by atoms with E-state index < -0.39 is 0 Å². The second kappa shape index (κ2) is 7.28. The molecule has 0 aliphatic carbocycles. The molecule has 8 heteroatoms. The van der Waals surface area contributed by atoms with Crippen LogP contribution in [0.5, 0.6) is 0 Å². The van der Waals surface area contributed by atoms with Gasteiger partial charge >= 0.3 is 0 Å². The van der Waals surface area contributed by atoms with Gasteiger partial charge in [0.25, 0.3) is 0 Å². The molecule has 0 saturated heterocycles. The number of nitrogens with two attached hydrogens (primary N) is 1. The van der Waals surface area contributed by atoms with E-state index in [1.807, 2.05) is 17.6 Å². The maximum absolute atomic E-state index is 12.1. The van der Waals surface area contributed by atoms with Crippen molar-refractivity contribution < 1.29 is 9.21 Å². The maximum atomic E-state index is 12.1. The summed E-state index contributed by atoms with van der Waals surface area (Å²) < 4.78 is 7.15. The maximum Gasteiger partial charge on any atom is 0.233 e. The monoisotopic (exact) mass is 309 g/mol. The fraction of sp³-hybridized carbons (Fsp3) is 0.462. The smallest absolute Gasteiger partial charge is 0.233 e. The first-order chi connectivity index (χ1) is 10.1. The van der Waals surface area contributed by atoms with Gasteiger partial charge in [-0.25, -0.2) is 0 Å². The van der Waals surface area contributed by atoms with Crippen molar-refractivity contribution in [1.29, 1.82) is 0 Å². The Labute approximate surface area is 127 Å². The molecule has 2 rings (SSSR count). The third-order valence-corrected chi connectivity index (χ3v) is 3.93. The van der Waals surface area contributed by atoms with Gasteiger partial charge in [-0.1, -0.05) is 11.8 Å². The summed E-state index contributed by atoms with van der Waals surface area (Å²) in [6.45, 7) is 3.49. The quantitative estimate of drug-likeness (QED) is 0.764. The fourth-order valence-electron chi connectivity index (χ4n) is 1.82. The molecule has 0 saturated carbocycles. The number of aromatic nitrogens is 3. The minimum Gasteiger partial charge on any atom is -0.467 e. The number of aryl methyl sites for hydroxylation is 1. The van der Waals surface area contributed by atoms with E-state index in [1.165, 1.54) is 11.8 Å². The van der Waals surface area contributed by atoms with Crippen molar-refractivity contribution in [1.82, 2.24) is 19.7 Å². The number of furan rings is 1. The van der Waals surface area contributed by atoms with Gasteiger partial charge in [0.15, 0.2) is 5.16 Å². The van der Waals surface area contributed by atoms with Crippen LogP contribution in [0.15, 0.2) is 28.0 Å². The lowest BCUT2D eigenvalue weighted by molar-refractivity contribution is -0.127. The van der Waals surface area contributed by atoms with Crippen LogP contribution in [0.2, 0.25) is 0 Å². The average molecular weight is 309 g/mol. The highest BCUT2D eigenvalue weighted by atomic mass is 32.2. The van der Waals surface area contributed by atoms with Crippen LogP contribution in [0, 0.1) is 6.92 Å². The van der Waals surface area contributed by atoms with Gasteiger partial charge in [0, 0.05) is 20.1 Å². The summed E-state index contributed by atoms with van der Waals surface area (Å²) in [5, 5.41) is 8.81. The number of hydrogen-bond donors (Lipinski definition) is 1. The van der Waals surface area contributed by atoms with Gasteiger partial charge in [-0.2, -0.15) is 0 Å². The minimum atomic E-state index is 0.0105. The third kappa shape index (κ3) is 4.08. The van der Waals surface area contributed by atoms with Crippen LogP contribution < -0.4 is 5.73 Å². The van der Waals surface area contributed by atoms with E-state index in [-0.39, 0.29) is 5.91 Å². The highest BCUT2D eigenvalue weighted by Gasteiger charge is 2.14. The lowest BCUT2D eigenvalue weighted by atomic mass is 10.4. The highest BCUT2D eigenvalue weighted by Crippen LogP contribution is 2.17. The van der Waals surface area contributed by atoms with Crippen molar-refractivity contribution in [3.05, 3.63) is 30.0 Å². The standard InChI is InChI=1S/C13H19N5O2S/c1-10-15-16-13(18(10)6-5-14)21-9-12(19)17(2)8-11-4-3-7-20-11/h3-4,7H,5-6,8-9,14H2,1-2H3. The summed E-state index contributed by atoms with van der Waals surface area (Å²) in [5.41, 5.74) is 5.57. The second-order valence-electron chi connectivity index (χ2n) is 4.59. The molecule has 0 radical (unpaired) electrons. The van der Waals surface area contributed by atoms with Gasteiger partial charge in [0.2, 0.25) is 5.91 Å². The molecule has 2 heterocycles. The average Bonchev–Trinajstić information content (AvgIpc) is 3.08. The van der Waals surface area contributed by atoms with Crippen molar-refractivity contribution >= 4 is 17.7 Å². The van der Waals surface area contributed by atoms with E-state index in [0.29, 0.717) is 25.4 Å². The Kier molecular flexibility index (Phi) is 5.40. The molecule has 0 bridgehead atoms. The van der Waals surface area contributed by atoms with Crippen LogP contribution in [0.4, 0.5) is 0 Å². The molecule has 2 N–H and O–H groups in total. The van der Waals surface area contributed by atoms with Crippen LogP contribution >= 0.6 is 11.8 Å². The lowest BCUT2D eigenvalue weighted by Gasteiger charge is -2.15. The minimum absolute atomic E-state index is 0.0105. The van der Waals surface area contributed by atoms with Gasteiger partial charge in [-0.15, -0.1) is 10.2 Å². The second-order valence-corrected chi connectivity index (χ2v) is 5.53. The zero-order valence-electron chi connectivity index (χ0n) is 12.2. The molecule has 2 aromatic heterocycles. The summed E-state index contributed by atoms with van der Waals surface area (Å²) in [6.07, 6.45) is 1.60. The van der Waals surface area contributed by atoms with Crippen LogP contribution in [-0.2, 0) is 17.9 Å². The van der Waals surface area contributed by atoms with Crippen LogP contribution in [0.25, 0.3) is 0 Å². The lowest BCUT2D eigenvalue weighted by Crippen LogP contribution is -2.27. The summed E-state index contributed by atoms with van der Waals surface area (Å²) in [4.78, 5) is 13.7. The topological polar surface area (TPSA) is 90.2 Å². The predicted octanol–water partition coefficient (Wildman–Crippen LogP) is 0.889. The van der Waals surface area contributed by atoms with Gasteiger partial charge in [-0.05, 0) is 19.1 Å². The number of nitrogens with zero attached hydrogens (tertiary/aromatic N) is 4. The van der Waals surface area contributed by atoms with E-state index in [9.17, 15) is 4.79 Å². The van der Waals surface area contributed by atoms with Gasteiger partial charge in [0.05, 0.1) is 18.6 Å². The number of thioether (sulfide) groups is 1. The third-order valence-electron chi connectivity index (χ3n) is 2.98. The zero-order chi connectivity index (χ0) is 15.2. The summed E-state index contributed by atoms with van der Waals surface area (Å²) >= 11 is 1.37. The molecule has 7 nitrogen and oxygen atoms in total. The molecule has 0 fully saturated rings. The van der Waals surface area contributed by atoms with Crippen molar-refractivity contribution in [2.24, 2.45) is 5.73 Å². The molecule has 0 aliphatic heterocycles. The molecule has 21 heavy (non-hydrogen) atoms. The first-order valence-corrected chi connectivity index (χ1v) is 7.59. The SMILES string of the molecule is Cc1nnc(SCC(=O)N(C)Cc2ccco2)n1CCN. The molecular weight excluding hydrogens is 290 g/mol. The number of carbonyl (C=O) groups excluding carboxylic acids is 1. The summed E-state index contributed by atoms with van der Waals surface area (Å²) in [5.74, 6) is 1.88. The van der Waals surface area contributed by atoms with Gasteiger partial charge in [-0.3, -0.25) is 4.79 Å². The molecule has 1 amide bonds. The van der Waals surface area contributed by atoms with Crippen molar-refractivity contribution in [2.45, 2.75) is 25.2 Å². The Hall–Kier alpha value is -1.80. The Balaban J connectivity index is 1.88. The van der Waals surface area contributed by atoms with E-state index in [2.05, 4.69) is 10.2 Å². The number of amides is 1. The molecule has 114 valence electrons. The molecule has 0 unspecified atom stereocenters. The molecule has 0 aliphatic rings. The molecule has 0 aromatic carbocycles. The van der Waals surface area contributed by atoms with Crippen LogP contribution in [0.1, 0.15) is 11.6 Å². The van der Waals surface area contributed by atoms with E-state index in [4.69, 9.17) is 10.2 Å². The van der Waals surface area contributed by atoms with Crippen molar-refractivity contribution in [3.63, 3.8) is 0 Å². The predicted molar refractivity (Wildman–Crippen MR) is 79.7 cm³/mol. The van der Waals surface area contributed by atoms with E-state index in [1.54, 1.807) is 24.3 Å². The molecule has 0 atom stereocenters. The Bertz CT molecular complexity index is 581. The van der Waals surface area contributed by atoms with Gasteiger partial charge < -0.3 is 19.6 Å². The van der Waals surface area contributed by atoms with Crippen LogP contribution in [-0.4, -0.2) is 44.9 Å². The molecular formula is C13H19N5O2S. The summed E-state index contributed by atoms with van der Waals surface area (Å²) in [6, 6.07) is 3.65. The fourth-order valence-corrected chi connectivity index (χ4v) is 2.77. The Morgan fingerprint density at radius 1 is 1.52 bits per heavy atom. The van der Waals surface area contributed by atoms with Gasteiger partial charge in [0.1, 0.15) is 11.6 Å². The largest absolute Gasteiger partial charge is 0.467 e. The highest BCUT2D eigenvalue weighted by molar-refractivity contribution is 7.99. The number of hydrogen-bond acceptors (Lipinski definition) is 6. The normalized spacial score (nSPS) is 10.8. The number of carbonyl (C=O) groups is 1. The van der Waals surface area contributed by atoms with Crippen molar-refractivity contribution in [2.75, 3.05) is 19.3 Å². The molecule has 2 aromatic rings. The Morgan fingerprint density at radius 3 is 3.00 bits per heavy atom. The Morgan fingerprint density at radius 2 is 2.33 bits per heavy atom. The van der Waals surface area contributed by atoms with Crippen LogP contribution in [0.3, 0.4) is 0 Å². The first-order valence-electron chi connectivity index (χ1n) is 6.61. The van der Waals surface area contributed by atoms with Crippen molar-refractivity contribution in [3.8, 4) is 0 Å². The zero-order valence-corrected chi connectivity index (χ0v) is 13.0. The van der Waals surface area contributed by atoms with E-state index >= 15 is 0 Å². The summed E-state index contributed by atoms with van der Waals surface area (Å²) in [7, 11) is 1.75. The number of rotatable bonds is 7.